The zero-order valence-electron chi connectivity index (χ0n) is 12.9. The Labute approximate surface area is 132 Å². The molecule has 4 rings (SSSR count). The zero-order valence-corrected chi connectivity index (χ0v) is 12.9. The molecule has 1 aliphatic rings. The quantitative estimate of drug-likeness (QED) is 0.782. The van der Waals surface area contributed by atoms with Gasteiger partial charge in [-0.3, -0.25) is 4.57 Å². The standard InChI is InChI=1S/C17H16F2N4/c1-10-3-5-14-15(21-10)23(16(22-14)17(2,18)19)12-4-6-13-11(9-12)7-8-20-13/h3-6,9,20H,7-8H2,1-2H3. The van der Waals surface area contributed by atoms with Crippen LogP contribution in [-0.2, 0) is 12.3 Å². The van der Waals surface area contributed by atoms with Crippen molar-refractivity contribution in [2.24, 2.45) is 0 Å². The van der Waals surface area contributed by atoms with Crippen LogP contribution in [0.15, 0.2) is 30.3 Å². The van der Waals surface area contributed by atoms with Gasteiger partial charge >= 0.3 is 5.92 Å². The van der Waals surface area contributed by atoms with Crippen molar-refractivity contribution in [3.63, 3.8) is 0 Å². The molecule has 1 N–H and O–H groups in total. The molecular formula is C17H16F2N4. The first-order valence-corrected chi connectivity index (χ1v) is 7.55. The van der Waals surface area contributed by atoms with E-state index in [1.54, 1.807) is 12.1 Å². The van der Waals surface area contributed by atoms with Crippen molar-refractivity contribution in [2.45, 2.75) is 26.2 Å². The van der Waals surface area contributed by atoms with Gasteiger partial charge in [-0.05, 0) is 49.2 Å². The second-order valence-corrected chi connectivity index (χ2v) is 5.97. The third-order valence-corrected chi connectivity index (χ3v) is 4.09. The molecule has 0 spiro atoms. The first kappa shape index (κ1) is 14.1. The summed E-state index contributed by atoms with van der Waals surface area (Å²) in [5, 5.41) is 3.28. The number of halogens is 2. The average molecular weight is 314 g/mol. The molecule has 4 nitrogen and oxygen atoms in total. The number of aryl methyl sites for hydroxylation is 1. The minimum Gasteiger partial charge on any atom is -0.384 e. The third kappa shape index (κ3) is 2.25. The van der Waals surface area contributed by atoms with Crippen LogP contribution in [0.1, 0.15) is 24.0 Å². The maximum absolute atomic E-state index is 14.1. The molecule has 1 aromatic carbocycles. The van der Waals surface area contributed by atoms with E-state index in [1.165, 1.54) is 4.57 Å². The topological polar surface area (TPSA) is 42.7 Å². The molecule has 3 heterocycles. The Bertz CT molecular complexity index is 909. The molecule has 0 saturated carbocycles. The van der Waals surface area contributed by atoms with Gasteiger partial charge in [-0.25, -0.2) is 9.97 Å². The lowest BCUT2D eigenvalue weighted by Gasteiger charge is -2.14. The number of hydrogen-bond donors (Lipinski definition) is 1. The molecule has 118 valence electrons. The van der Waals surface area contributed by atoms with Crippen molar-refractivity contribution in [1.82, 2.24) is 14.5 Å². The van der Waals surface area contributed by atoms with Gasteiger partial charge in [0.25, 0.3) is 0 Å². The summed E-state index contributed by atoms with van der Waals surface area (Å²) in [7, 11) is 0. The van der Waals surface area contributed by atoms with Gasteiger partial charge in [0.05, 0.1) is 0 Å². The molecule has 0 fully saturated rings. The van der Waals surface area contributed by atoms with Gasteiger partial charge in [0.15, 0.2) is 11.5 Å². The van der Waals surface area contributed by atoms with E-state index in [1.807, 2.05) is 25.1 Å². The molecule has 0 amide bonds. The number of benzene rings is 1. The van der Waals surface area contributed by atoms with Crippen LogP contribution >= 0.6 is 0 Å². The molecule has 0 aliphatic carbocycles. The zero-order chi connectivity index (χ0) is 16.2. The highest BCUT2D eigenvalue weighted by molar-refractivity contribution is 5.75. The van der Waals surface area contributed by atoms with E-state index < -0.39 is 5.92 Å². The van der Waals surface area contributed by atoms with Gasteiger partial charge in [-0.1, -0.05) is 0 Å². The molecule has 2 aromatic heterocycles. The summed E-state index contributed by atoms with van der Waals surface area (Å²) < 4.78 is 29.7. The van der Waals surface area contributed by atoms with Crippen LogP contribution in [0.5, 0.6) is 0 Å². The smallest absolute Gasteiger partial charge is 0.302 e. The van der Waals surface area contributed by atoms with Crippen LogP contribution < -0.4 is 5.32 Å². The number of aromatic nitrogens is 3. The summed E-state index contributed by atoms with van der Waals surface area (Å²) >= 11 is 0. The molecular weight excluding hydrogens is 298 g/mol. The van der Waals surface area contributed by atoms with Gasteiger partial charge in [-0.15, -0.1) is 0 Å². The molecule has 0 bridgehead atoms. The largest absolute Gasteiger partial charge is 0.384 e. The van der Waals surface area contributed by atoms with Gasteiger partial charge in [0.2, 0.25) is 0 Å². The van der Waals surface area contributed by atoms with E-state index in [2.05, 4.69) is 15.3 Å². The molecule has 0 radical (unpaired) electrons. The molecule has 6 heteroatoms. The van der Waals surface area contributed by atoms with E-state index in [0.717, 1.165) is 36.8 Å². The van der Waals surface area contributed by atoms with E-state index in [-0.39, 0.29) is 5.82 Å². The van der Waals surface area contributed by atoms with E-state index in [9.17, 15) is 8.78 Å². The number of rotatable bonds is 2. The van der Waals surface area contributed by atoms with E-state index in [0.29, 0.717) is 16.9 Å². The van der Waals surface area contributed by atoms with Crippen LogP contribution in [-0.4, -0.2) is 21.1 Å². The van der Waals surface area contributed by atoms with Crippen LogP contribution in [0.25, 0.3) is 16.9 Å². The highest BCUT2D eigenvalue weighted by atomic mass is 19.3. The SMILES string of the molecule is Cc1ccc2nc(C(C)(F)F)n(-c3ccc4c(c3)CCN4)c2n1. The highest BCUT2D eigenvalue weighted by Crippen LogP contribution is 2.33. The summed E-state index contributed by atoms with van der Waals surface area (Å²) in [6.07, 6.45) is 0.889. The van der Waals surface area contributed by atoms with Gasteiger partial charge in [0.1, 0.15) is 5.52 Å². The Hall–Kier alpha value is -2.50. The van der Waals surface area contributed by atoms with Crippen molar-refractivity contribution >= 4 is 16.9 Å². The number of imidazole rings is 1. The normalized spacial score (nSPS) is 14.1. The number of hydrogen-bond acceptors (Lipinski definition) is 3. The predicted octanol–water partition coefficient (Wildman–Crippen LogP) is 3.81. The number of nitrogens with zero attached hydrogens (tertiary/aromatic N) is 3. The lowest BCUT2D eigenvalue weighted by Crippen LogP contribution is -2.15. The lowest BCUT2D eigenvalue weighted by molar-refractivity contribution is 0.00667. The summed E-state index contributed by atoms with van der Waals surface area (Å²) in [5.41, 5.74) is 4.57. The van der Waals surface area contributed by atoms with Gasteiger partial charge in [0, 0.05) is 30.5 Å². The van der Waals surface area contributed by atoms with Crippen molar-refractivity contribution < 1.29 is 8.78 Å². The van der Waals surface area contributed by atoms with Crippen LogP contribution in [0.3, 0.4) is 0 Å². The minimum atomic E-state index is -3.05. The number of pyridine rings is 1. The number of anilines is 1. The van der Waals surface area contributed by atoms with Crippen LogP contribution in [0, 0.1) is 6.92 Å². The molecule has 1 aliphatic heterocycles. The van der Waals surface area contributed by atoms with Crippen molar-refractivity contribution in [3.8, 4) is 5.69 Å². The van der Waals surface area contributed by atoms with Crippen molar-refractivity contribution in [1.29, 1.82) is 0 Å². The molecule has 0 atom stereocenters. The summed E-state index contributed by atoms with van der Waals surface area (Å²) in [5.74, 6) is -3.33. The molecule has 0 unspecified atom stereocenters. The van der Waals surface area contributed by atoms with Crippen molar-refractivity contribution in [2.75, 3.05) is 11.9 Å². The summed E-state index contributed by atoms with van der Waals surface area (Å²) in [6.45, 7) is 3.58. The maximum Gasteiger partial charge on any atom is 0.302 e. The second-order valence-electron chi connectivity index (χ2n) is 5.97. The molecule has 3 aromatic rings. The Morgan fingerprint density at radius 1 is 1.17 bits per heavy atom. The monoisotopic (exact) mass is 314 g/mol. The fourth-order valence-electron chi connectivity index (χ4n) is 3.02. The Kier molecular flexibility index (Phi) is 2.91. The minimum absolute atomic E-state index is 0.281. The molecule has 23 heavy (non-hydrogen) atoms. The first-order valence-electron chi connectivity index (χ1n) is 7.55. The van der Waals surface area contributed by atoms with E-state index in [4.69, 9.17) is 0 Å². The Balaban J connectivity index is 2.02. The van der Waals surface area contributed by atoms with Crippen LogP contribution in [0.2, 0.25) is 0 Å². The molecule has 0 saturated heterocycles. The van der Waals surface area contributed by atoms with Gasteiger partial charge < -0.3 is 5.32 Å². The van der Waals surface area contributed by atoms with Crippen molar-refractivity contribution in [3.05, 3.63) is 47.4 Å². The third-order valence-electron chi connectivity index (χ3n) is 4.09. The number of nitrogens with one attached hydrogen (secondary N) is 1. The summed E-state index contributed by atoms with van der Waals surface area (Å²) in [4.78, 5) is 8.56. The fraction of sp³-hybridized carbons (Fsp3) is 0.294. The lowest BCUT2D eigenvalue weighted by atomic mass is 10.1. The number of alkyl halides is 2. The maximum atomic E-state index is 14.1. The summed E-state index contributed by atoms with van der Waals surface area (Å²) in [6, 6.07) is 9.21. The highest BCUT2D eigenvalue weighted by Gasteiger charge is 2.33. The first-order chi connectivity index (χ1) is 10.9. The van der Waals surface area contributed by atoms with Gasteiger partial charge in [-0.2, -0.15) is 8.78 Å². The average Bonchev–Trinajstić information content (AvgIpc) is 3.08. The van der Waals surface area contributed by atoms with Crippen LogP contribution in [0.4, 0.5) is 14.5 Å². The predicted molar refractivity (Wildman–Crippen MR) is 85.4 cm³/mol. The Morgan fingerprint density at radius 2 is 2.00 bits per heavy atom. The fourth-order valence-corrected chi connectivity index (χ4v) is 3.02. The van der Waals surface area contributed by atoms with E-state index >= 15 is 0 Å². The number of fused-ring (bicyclic) bond motifs is 2. The second kappa shape index (κ2) is 4.75. The Morgan fingerprint density at radius 3 is 2.78 bits per heavy atom.